The van der Waals surface area contributed by atoms with Crippen molar-refractivity contribution in [3.8, 4) is 5.75 Å². The number of carbonyl (C=O) groups is 1. The molecule has 1 rings (SSSR count). The molecular formula is C15H24N2O2. The number of carbonyl (C=O) groups excluding carboxylic acids is 1. The number of nitrogens with two attached hydrogens (primary N) is 1. The maximum atomic E-state index is 12.6. The van der Waals surface area contributed by atoms with Gasteiger partial charge in [0, 0.05) is 18.8 Å². The standard InChI is InChI=1S/C15H24N2O2/c1-5-11(3)10-17(6-2)15(18)14-12(16)8-7-9-13(14)19-4/h7-9,11H,5-6,10,16H2,1-4H3. The minimum Gasteiger partial charge on any atom is -0.496 e. The molecule has 1 atom stereocenters. The Balaban J connectivity index is 3.03. The van der Waals surface area contributed by atoms with E-state index in [0.717, 1.165) is 13.0 Å². The van der Waals surface area contributed by atoms with Gasteiger partial charge < -0.3 is 15.4 Å². The van der Waals surface area contributed by atoms with E-state index in [1.54, 1.807) is 25.3 Å². The summed E-state index contributed by atoms with van der Waals surface area (Å²) in [5.41, 5.74) is 6.86. The van der Waals surface area contributed by atoms with E-state index >= 15 is 0 Å². The van der Waals surface area contributed by atoms with E-state index in [2.05, 4.69) is 13.8 Å². The van der Waals surface area contributed by atoms with Gasteiger partial charge in [-0.1, -0.05) is 26.3 Å². The summed E-state index contributed by atoms with van der Waals surface area (Å²) < 4.78 is 5.25. The van der Waals surface area contributed by atoms with E-state index in [9.17, 15) is 4.79 Å². The fourth-order valence-corrected chi connectivity index (χ4v) is 1.97. The van der Waals surface area contributed by atoms with E-state index in [0.29, 0.717) is 29.5 Å². The maximum Gasteiger partial charge on any atom is 0.259 e. The number of rotatable bonds is 6. The van der Waals surface area contributed by atoms with Crippen LogP contribution in [0.4, 0.5) is 5.69 Å². The quantitative estimate of drug-likeness (QED) is 0.804. The van der Waals surface area contributed by atoms with Crippen LogP contribution in [-0.4, -0.2) is 31.0 Å². The first-order valence-corrected chi connectivity index (χ1v) is 6.76. The van der Waals surface area contributed by atoms with E-state index in [1.165, 1.54) is 0 Å². The summed E-state index contributed by atoms with van der Waals surface area (Å²) in [4.78, 5) is 14.4. The monoisotopic (exact) mass is 264 g/mol. The Kier molecular flexibility index (Phi) is 5.67. The number of anilines is 1. The molecule has 106 valence electrons. The van der Waals surface area contributed by atoms with Gasteiger partial charge in [0.25, 0.3) is 5.91 Å². The number of hydrogen-bond acceptors (Lipinski definition) is 3. The Labute approximate surface area is 115 Å². The molecule has 1 aromatic rings. The highest BCUT2D eigenvalue weighted by atomic mass is 16.5. The van der Waals surface area contributed by atoms with Gasteiger partial charge in [0.1, 0.15) is 11.3 Å². The van der Waals surface area contributed by atoms with Gasteiger partial charge in [0.2, 0.25) is 0 Å². The Hall–Kier alpha value is -1.71. The number of nitrogen functional groups attached to an aromatic ring is 1. The second-order valence-corrected chi connectivity index (χ2v) is 4.78. The van der Waals surface area contributed by atoms with Crippen LogP contribution in [0, 0.1) is 5.92 Å². The zero-order valence-electron chi connectivity index (χ0n) is 12.3. The smallest absolute Gasteiger partial charge is 0.259 e. The summed E-state index contributed by atoms with van der Waals surface area (Å²) >= 11 is 0. The molecule has 0 spiro atoms. The van der Waals surface area contributed by atoms with Crippen LogP contribution < -0.4 is 10.5 Å². The Morgan fingerprint density at radius 3 is 2.63 bits per heavy atom. The van der Waals surface area contributed by atoms with Gasteiger partial charge in [0.15, 0.2) is 0 Å². The molecule has 0 aliphatic carbocycles. The van der Waals surface area contributed by atoms with E-state index < -0.39 is 0 Å². The number of nitrogens with zero attached hydrogens (tertiary/aromatic N) is 1. The molecule has 1 aromatic carbocycles. The van der Waals surface area contributed by atoms with Crippen LogP contribution in [0.25, 0.3) is 0 Å². The van der Waals surface area contributed by atoms with Crippen LogP contribution in [-0.2, 0) is 0 Å². The predicted molar refractivity (Wildman–Crippen MR) is 78.4 cm³/mol. The summed E-state index contributed by atoms with van der Waals surface area (Å²) in [5, 5.41) is 0. The number of benzene rings is 1. The highest BCUT2D eigenvalue weighted by Crippen LogP contribution is 2.26. The molecule has 0 bridgehead atoms. The van der Waals surface area contributed by atoms with Crippen LogP contribution in [0.1, 0.15) is 37.6 Å². The average molecular weight is 264 g/mol. The molecule has 2 N–H and O–H groups in total. The summed E-state index contributed by atoms with van der Waals surface area (Å²) in [6.07, 6.45) is 1.05. The molecule has 0 saturated heterocycles. The third-order valence-corrected chi connectivity index (χ3v) is 3.39. The molecule has 1 unspecified atom stereocenters. The lowest BCUT2D eigenvalue weighted by atomic mass is 10.1. The molecule has 0 heterocycles. The maximum absolute atomic E-state index is 12.6. The topological polar surface area (TPSA) is 55.6 Å². The van der Waals surface area contributed by atoms with Gasteiger partial charge in [-0.2, -0.15) is 0 Å². The van der Waals surface area contributed by atoms with Crippen molar-refractivity contribution in [1.82, 2.24) is 4.90 Å². The first kappa shape index (κ1) is 15.3. The minimum atomic E-state index is -0.0576. The summed E-state index contributed by atoms with van der Waals surface area (Å²) in [7, 11) is 1.55. The fourth-order valence-electron chi connectivity index (χ4n) is 1.97. The Bertz CT molecular complexity index is 432. The van der Waals surface area contributed by atoms with Crippen molar-refractivity contribution in [2.24, 2.45) is 5.92 Å². The number of methoxy groups -OCH3 is 1. The van der Waals surface area contributed by atoms with Crippen molar-refractivity contribution in [3.63, 3.8) is 0 Å². The van der Waals surface area contributed by atoms with E-state index in [1.807, 2.05) is 11.8 Å². The van der Waals surface area contributed by atoms with Gasteiger partial charge in [-0.15, -0.1) is 0 Å². The van der Waals surface area contributed by atoms with Crippen molar-refractivity contribution in [2.75, 3.05) is 25.9 Å². The van der Waals surface area contributed by atoms with Gasteiger partial charge in [-0.05, 0) is 25.0 Å². The molecule has 0 fully saturated rings. The van der Waals surface area contributed by atoms with Gasteiger partial charge in [-0.25, -0.2) is 0 Å². The molecule has 0 aliphatic heterocycles. The highest BCUT2D eigenvalue weighted by molar-refractivity contribution is 6.01. The van der Waals surface area contributed by atoms with Gasteiger partial charge >= 0.3 is 0 Å². The average Bonchev–Trinajstić information content (AvgIpc) is 2.43. The van der Waals surface area contributed by atoms with E-state index in [4.69, 9.17) is 10.5 Å². The van der Waals surface area contributed by atoms with Crippen molar-refractivity contribution >= 4 is 11.6 Å². The summed E-state index contributed by atoms with van der Waals surface area (Å²) in [5.74, 6) is 0.949. The highest BCUT2D eigenvalue weighted by Gasteiger charge is 2.22. The fraction of sp³-hybridized carbons (Fsp3) is 0.533. The summed E-state index contributed by atoms with van der Waals surface area (Å²) in [6.45, 7) is 7.65. The SMILES string of the molecule is CCC(C)CN(CC)C(=O)c1c(N)cccc1OC. The Morgan fingerprint density at radius 1 is 1.42 bits per heavy atom. The van der Waals surface area contributed by atoms with Crippen LogP contribution in [0.3, 0.4) is 0 Å². The third-order valence-electron chi connectivity index (χ3n) is 3.39. The van der Waals surface area contributed by atoms with Crippen LogP contribution in [0.2, 0.25) is 0 Å². The lowest BCUT2D eigenvalue weighted by molar-refractivity contribution is 0.0738. The molecule has 19 heavy (non-hydrogen) atoms. The zero-order chi connectivity index (χ0) is 14.4. The van der Waals surface area contributed by atoms with Crippen LogP contribution in [0.5, 0.6) is 5.75 Å². The molecular weight excluding hydrogens is 240 g/mol. The van der Waals surface area contributed by atoms with E-state index in [-0.39, 0.29) is 5.91 Å². The predicted octanol–water partition coefficient (Wildman–Crippen LogP) is 2.79. The second kappa shape index (κ2) is 7.02. The molecule has 0 radical (unpaired) electrons. The number of amides is 1. The molecule has 0 aliphatic rings. The lowest BCUT2D eigenvalue weighted by Crippen LogP contribution is -2.35. The van der Waals surface area contributed by atoms with Gasteiger partial charge in [0.05, 0.1) is 7.11 Å². The van der Waals surface area contributed by atoms with Crippen LogP contribution >= 0.6 is 0 Å². The normalized spacial score (nSPS) is 12.0. The number of ether oxygens (including phenoxy) is 1. The van der Waals surface area contributed by atoms with Crippen molar-refractivity contribution < 1.29 is 9.53 Å². The largest absolute Gasteiger partial charge is 0.496 e. The molecule has 4 heteroatoms. The lowest BCUT2D eigenvalue weighted by Gasteiger charge is -2.25. The third kappa shape index (κ3) is 3.63. The summed E-state index contributed by atoms with van der Waals surface area (Å²) in [6, 6.07) is 5.28. The van der Waals surface area contributed by atoms with Crippen molar-refractivity contribution in [1.29, 1.82) is 0 Å². The molecule has 4 nitrogen and oxygen atoms in total. The molecule has 1 amide bonds. The second-order valence-electron chi connectivity index (χ2n) is 4.78. The van der Waals surface area contributed by atoms with Gasteiger partial charge in [-0.3, -0.25) is 4.79 Å². The minimum absolute atomic E-state index is 0.0576. The van der Waals surface area contributed by atoms with Crippen molar-refractivity contribution in [3.05, 3.63) is 23.8 Å². The molecule has 0 saturated carbocycles. The Morgan fingerprint density at radius 2 is 2.11 bits per heavy atom. The zero-order valence-corrected chi connectivity index (χ0v) is 12.3. The molecule has 0 aromatic heterocycles. The van der Waals surface area contributed by atoms with Crippen LogP contribution in [0.15, 0.2) is 18.2 Å². The first-order chi connectivity index (χ1) is 9.04. The first-order valence-electron chi connectivity index (χ1n) is 6.76. The van der Waals surface area contributed by atoms with Crippen molar-refractivity contribution in [2.45, 2.75) is 27.2 Å². The number of hydrogen-bond donors (Lipinski definition) is 1.